The Morgan fingerprint density at radius 2 is 2.12 bits per heavy atom. The first kappa shape index (κ1) is 10.5. The minimum absolute atomic E-state index is 0.203. The number of nitrogens with zero attached hydrogens (tertiary/aromatic N) is 1. The third-order valence-corrected chi connectivity index (χ3v) is 2.42. The first-order valence-corrected chi connectivity index (χ1v) is 5.05. The van der Waals surface area contributed by atoms with E-state index in [0.29, 0.717) is 12.2 Å². The number of ether oxygens (including phenoxy) is 1. The van der Waals surface area contributed by atoms with Crippen LogP contribution in [0.2, 0.25) is 0 Å². The number of rotatable bonds is 3. The highest BCUT2D eigenvalue weighted by Gasteiger charge is 2.07. The zero-order valence-corrected chi connectivity index (χ0v) is 9.05. The molecule has 0 saturated heterocycles. The molecule has 1 aromatic carbocycles. The molecule has 1 heterocycles. The van der Waals surface area contributed by atoms with Gasteiger partial charge in [0.25, 0.3) is 0 Å². The van der Waals surface area contributed by atoms with E-state index in [1.54, 1.807) is 25.6 Å². The predicted molar refractivity (Wildman–Crippen MR) is 61.7 cm³/mol. The summed E-state index contributed by atoms with van der Waals surface area (Å²) in [4.78, 5) is 4.04. The van der Waals surface area contributed by atoms with Crippen LogP contribution in [0.1, 0.15) is 11.1 Å². The molecular formula is C13H13NO2. The molecule has 16 heavy (non-hydrogen) atoms. The van der Waals surface area contributed by atoms with Crippen LogP contribution in [-0.4, -0.2) is 17.2 Å². The number of hydrogen-bond acceptors (Lipinski definition) is 3. The number of methoxy groups -OCH3 is 1. The Labute approximate surface area is 94.3 Å². The molecule has 82 valence electrons. The Bertz CT molecular complexity index is 469. The molecule has 2 rings (SSSR count). The van der Waals surface area contributed by atoms with E-state index >= 15 is 0 Å². The van der Waals surface area contributed by atoms with E-state index in [4.69, 9.17) is 4.74 Å². The van der Waals surface area contributed by atoms with Gasteiger partial charge in [-0.2, -0.15) is 0 Å². The summed E-state index contributed by atoms with van der Waals surface area (Å²) in [6.45, 7) is 0. The molecule has 1 aromatic heterocycles. The Hall–Kier alpha value is -2.03. The van der Waals surface area contributed by atoms with Gasteiger partial charge >= 0.3 is 0 Å². The predicted octanol–water partition coefficient (Wildman–Crippen LogP) is 2.39. The van der Waals surface area contributed by atoms with Crippen molar-refractivity contribution in [1.29, 1.82) is 0 Å². The Morgan fingerprint density at radius 1 is 1.25 bits per heavy atom. The molecule has 0 aliphatic carbocycles. The van der Waals surface area contributed by atoms with Gasteiger partial charge in [-0.05, 0) is 17.7 Å². The van der Waals surface area contributed by atoms with Gasteiger partial charge in [0.1, 0.15) is 0 Å². The smallest absolute Gasteiger partial charge is 0.161 e. The van der Waals surface area contributed by atoms with Crippen molar-refractivity contribution in [3.8, 4) is 11.5 Å². The number of para-hydroxylation sites is 1. The summed E-state index contributed by atoms with van der Waals surface area (Å²) in [6, 6.07) is 9.34. The molecule has 0 saturated carbocycles. The number of aromatic nitrogens is 1. The molecule has 0 spiro atoms. The number of phenols is 1. The van der Waals surface area contributed by atoms with E-state index in [9.17, 15) is 5.11 Å². The monoisotopic (exact) mass is 215 g/mol. The summed E-state index contributed by atoms with van der Waals surface area (Å²) in [7, 11) is 1.54. The molecule has 0 fully saturated rings. The molecule has 2 aromatic rings. The molecule has 0 amide bonds. The van der Waals surface area contributed by atoms with Crippen LogP contribution in [0.5, 0.6) is 11.5 Å². The number of pyridine rings is 1. The van der Waals surface area contributed by atoms with E-state index in [1.807, 2.05) is 24.3 Å². The summed E-state index contributed by atoms with van der Waals surface area (Å²) in [5.74, 6) is 0.704. The lowest BCUT2D eigenvalue weighted by molar-refractivity contribution is 0.371. The van der Waals surface area contributed by atoms with Crippen molar-refractivity contribution >= 4 is 0 Å². The van der Waals surface area contributed by atoms with Gasteiger partial charge in [-0.3, -0.25) is 4.98 Å². The summed E-state index contributed by atoms with van der Waals surface area (Å²) in [6.07, 6.45) is 4.17. The third-order valence-electron chi connectivity index (χ3n) is 2.42. The molecule has 3 heteroatoms. The Morgan fingerprint density at radius 3 is 2.81 bits per heavy atom. The molecule has 0 radical (unpaired) electrons. The first-order chi connectivity index (χ1) is 7.81. The van der Waals surface area contributed by atoms with Crippen LogP contribution in [0.4, 0.5) is 0 Å². The molecule has 0 unspecified atom stereocenters. The van der Waals surface area contributed by atoms with Gasteiger partial charge in [-0.25, -0.2) is 0 Å². The second kappa shape index (κ2) is 4.66. The highest BCUT2D eigenvalue weighted by molar-refractivity contribution is 5.46. The van der Waals surface area contributed by atoms with Crippen molar-refractivity contribution in [3.63, 3.8) is 0 Å². The van der Waals surface area contributed by atoms with Crippen LogP contribution >= 0.6 is 0 Å². The Kier molecular flexibility index (Phi) is 3.05. The molecular weight excluding hydrogens is 202 g/mol. The second-order valence-corrected chi connectivity index (χ2v) is 3.51. The minimum atomic E-state index is 0.203. The minimum Gasteiger partial charge on any atom is -0.504 e. The average molecular weight is 215 g/mol. The van der Waals surface area contributed by atoms with Gasteiger partial charge in [-0.1, -0.05) is 18.2 Å². The van der Waals surface area contributed by atoms with Crippen molar-refractivity contribution in [3.05, 3.63) is 53.9 Å². The van der Waals surface area contributed by atoms with Crippen LogP contribution in [0.25, 0.3) is 0 Å². The van der Waals surface area contributed by atoms with Crippen molar-refractivity contribution in [1.82, 2.24) is 4.98 Å². The molecule has 0 aliphatic heterocycles. The molecule has 0 atom stereocenters. The average Bonchev–Trinajstić information content (AvgIpc) is 2.33. The quantitative estimate of drug-likeness (QED) is 0.854. The lowest BCUT2D eigenvalue weighted by Gasteiger charge is -2.08. The van der Waals surface area contributed by atoms with Gasteiger partial charge in [0.2, 0.25) is 0 Å². The number of aromatic hydroxyl groups is 1. The largest absolute Gasteiger partial charge is 0.504 e. The van der Waals surface area contributed by atoms with Gasteiger partial charge < -0.3 is 9.84 Å². The van der Waals surface area contributed by atoms with Crippen LogP contribution < -0.4 is 4.74 Å². The van der Waals surface area contributed by atoms with E-state index in [1.165, 1.54) is 0 Å². The number of benzene rings is 1. The van der Waals surface area contributed by atoms with Gasteiger partial charge in [0, 0.05) is 24.4 Å². The van der Waals surface area contributed by atoms with E-state index in [-0.39, 0.29) is 5.75 Å². The molecule has 0 aliphatic rings. The standard InChI is InChI=1S/C13H13NO2/c1-16-12-6-2-5-11(13(12)15)8-10-4-3-7-14-9-10/h2-7,9,15H,8H2,1H3. The van der Waals surface area contributed by atoms with Crippen molar-refractivity contribution < 1.29 is 9.84 Å². The third kappa shape index (κ3) is 2.14. The number of hydrogen-bond donors (Lipinski definition) is 1. The SMILES string of the molecule is COc1cccc(Cc2cccnc2)c1O. The second-order valence-electron chi connectivity index (χ2n) is 3.51. The van der Waals surface area contributed by atoms with E-state index < -0.39 is 0 Å². The summed E-state index contributed by atoms with van der Waals surface area (Å²) >= 11 is 0. The van der Waals surface area contributed by atoms with Crippen LogP contribution in [0, 0.1) is 0 Å². The summed E-state index contributed by atoms with van der Waals surface area (Å²) < 4.78 is 5.06. The Balaban J connectivity index is 2.28. The lowest BCUT2D eigenvalue weighted by atomic mass is 10.1. The normalized spacial score (nSPS) is 10.1. The number of phenolic OH excluding ortho intramolecular Hbond substituents is 1. The summed E-state index contributed by atoms with van der Waals surface area (Å²) in [5, 5.41) is 9.90. The highest BCUT2D eigenvalue weighted by atomic mass is 16.5. The topological polar surface area (TPSA) is 42.4 Å². The maximum Gasteiger partial charge on any atom is 0.161 e. The fourth-order valence-electron chi connectivity index (χ4n) is 1.60. The van der Waals surface area contributed by atoms with Crippen molar-refractivity contribution in [2.45, 2.75) is 6.42 Å². The first-order valence-electron chi connectivity index (χ1n) is 5.05. The van der Waals surface area contributed by atoms with Crippen LogP contribution in [0.3, 0.4) is 0 Å². The molecule has 0 bridgehead atoms. The highest BCUT2D eigenvalue weighted by Crippen LogP contribution is 2.30. The van der Waals surface area contributed by atoms with Gasteiger partial charge in [0.05, 0.1) is 7.11 Å². The van der Waals surface area contributed by atoms with Gasteiger partial charge in [-0.15, -0.1) is 0 Å². The maximum absolute atomic E-state index is 9.90. The maximum atomic E-state index is 9.90. The fourth-order valence-corrected chi connectivity index (χ4v) is 1.60. The van der Waals surface area contributed by atoms with Crippen LogP contribution in [-0.2, 0) is 6.42 Å². The van der Waals surface area contributed by atoms with Crippen molar-refractivity contribution in [2.24, 2.45) is 0 Å². The molecule has 1 N–H and O–H groups in total. The summed E-state index contributed by atoms with van der Waals surface area (Å²) in [5.41, 5.74) is 1.90. The van der Waals surface area contributed by atoms with Crippen molar-refractivity contribution in [2.75, 3.05) is 7.11 Å². The zero-order valence-electron chi connectivity index (χ0n) is 9.05. The van der Waals surface area contributed by atoms with Gasteiger partial charge in [0.15, 0.2) is 11.5 Å². The molecule has 3 nitrogen and oxygen atoms in total. The van der Waals surface area contributed by atoms with Crippen LogP contribution in [0.15, 0.2) is 42.7 Å². The zero-order chi connectivity index (χ0) is 11.4. The fraction of sp³-hybridized carbons (Fsp3) is 0.154. The van der Waals surface area contributed by atoms with E-state index in [0.717, 1.165) is 11.1 Å². The van der Waals surface area contributed by atoms with E-state index in [2.05, 4.69) is 4.98 Å². The lowest BCUT2D eigenvalue weighted by Crippen LogP contribution is -1.92.